The van der Waals surface area contributed by atoms with Crippen molar-refractivity contribution in [3.05, 3.63) is 59.7 Å². The molecule has 5 heteroatoms. The standard InChI is InChI=1S/C20H21NO4/c1-13-11-17(20(23)25-3)16-9-4-5-10-18(16)21(13)19(22)14-7-6-8-15(12-14)24-2/h4-10,12-13,17H,11H2,1-3H3. The topological polar surface area (TPSA) is 55.8 Å². The molecule has 0 radical (unpaired) electrons. The van der Waals surface area contributed by atoms with Crippen LogP contribution in [0, 0.1) is 0 Å². The van der Waals surface area contributed by atoms with Gasteiger partial charge in [-0.2, -0.15) is 0 Å². The fourth-order valence-corrected chi connectivity index (χ4v) is 3.38. The van der Waals surface area contributed by atoms with Gasteiger partial charge in [0, 0.05) is 17.3 Å². The summed E-state index contributed by atoms with van der Waals surface area (Å²) in [4.78, 5) is 27.1. The average Bonchev–Trinajstić information content (AvgIpc) is 2.66. The average molecular weight is 339 g/mol. The molecule has 1 heterocycles. The van der Waals surface area contributed by atoms with Gasteiger partial charge in [0.05, 0.1) is 20.1 Å². The summed E-state index contributed by atoms with van der Waals surface area (Å²) >= 11 is 0. The lowest BCUT2D eigenvalue weighted by Crippen LogP contribution is -2.44. The number of ether oxygens (including phenoxy) is 2. The van der Waals surface area contributed by atoms with Crippen LogP contribution >= 0.6 is 0 Å². The van der Waals surface area contributed by atoms with Crippen LogP contribution in [0.15, 0.2) is 48.5 Å². The molecule has 0 saturated heterocycles. The van der Waals surface area contributed by atoms with Crippen molar-refractivity contribution in [2.45, 2.75) is 25.3 Å². The Labute approximate surface area is 147 Å². The third kappa shape index (κ3) is 3.09. The van der Waals surface area contributed by atoms with Gasteiger partial charge >= 0.3 is 5.97 Å². The molecule has 0 aromatic heterocycles. The molecule has 0 saturated carbocycles. The lowest BCUT2D eigenvalue weighted by atomic mass is 9.85. The number of para-hydroxylation sites is 1. The number of hydrogen-bond acceptors (Lipinski definition) is 4. The molecular weight excluding hydrogens is 318 g/mol. The van der Waals surface area contributed by atoms with E-state index in [0.717, 1.165) is 11.3 Å². The Hall–Kier alpha value is -2.82. The number of carbonyl (C=O) groups is 2. The van der Waals surface area contributed by atoms with Gasteiger partial charge in [-0.1, -0.05) is 24.3 Å². The Balaban J connectivity index is 2.03. The van der Waals surface area contributed by atoms with Crippen LogP contribution in [0.3, 0.4) is 0 Å². The van der Waals surface area contributed by atoms with Gasteiger partial charge in [0.1, 0.15) is 5.75 Å². The molecule has 2 aromatic rings. The number of amides is 1. The summed E-state index contributed by atoms with van der Waals surface area (Å²) in [5.74, 6) is -0.100. The van der Waals surface area contributed by atoms with E-state index in [1.807, 2.05) is 31.2 Å². The zero-order valence-corrected chi connectivity index (χ0v) is 14.6. The first kappa shape index (κ1) is 17.0. The minimum atomic E-state index is -0.356. The summed E-state index contributed by atoms with van der Waals surface area (Å²) in [6, 6.07) is 14.5. The van der Waals surface area contributed by atoms with E-state index < -0.39 is 0 Å². The van der Waals surface area contributed by atoms with E-state index in [1.165, 1.54) is 7.11 Å². The second-order valence-corrected chi connectivity index (χ2v) is 6.13. The van der Waals surface area contributed by atoms with Crippen molar-refractivity contribution in [3.63, 3.8) is 0 Å². The van der Waals surface area contributed by atoms with Crippen molar-refractivity contribution in [3.8, 4) is 5.75 Å². The third-order valence-electron chi connectivity index (χ3n) is 4.61. The highest BCUT2D eigenvalue weighted by Crippen LogP contribution is 2.39. The summed E-state index contributed by atoms with van der Waals surface area (Å²) in [5, 5.41) is 0. The van der Waals surface area contributed by atoms with E-state index in [0.29, 0.717) is 17.7 Å². The largest absolute Gasteiger partial charge is 0.497 e. The monoisotopic (exact) mass is 339 g/mol. The molecule has 3 rings (SSSR count). The normalized spacial score (nSPS) is 19.1. The van der Waals surface area contributed by atoms with Crippen molar-refractivity contribution in [1.29, 1.82) is 0 Å². The van der Waals surface area contributed by atoms with Gasteiger partial charge in [0.25, 0.3) is 5.91 Å². The Morgan fingerprint density at radius 2 is 1.84 bits per heavy atom. The number of carbonyl (C=O) groups excluding carboxylic acids is 2. The highest BCUT2D eigenvalue weighted by molar-refractivity contribution is 6.08. The third-order valence-corrected chi connectivity index (χ3v) is 4.61. The van der Waals surface area contributed by atoms with E-state index in [-0.39, 0.29) is 23.8 Å². The second-order valence-electron chi connectivity index (χ2n) is 6.13. The number of methoxy groups -OCH3 is 2. The lowest BCUT2D eigenvalue weighted by Gasteiger charge is -2.38. The van der Waals surface area contributed by atoms with E-state index >= 15 is 0 Å². The van der Waals surface area contributed by atoms with Gasteiger partial charge in [-0.3, -0.25) is 9.59 Å². The van der Waals surface area contributed by atoms with Crippen LogP contribution in [0.25, 0.3) is 0 Å². The van der Waals surface area contributed by atoms with Crippen LogP contribution in [-0.2, 0) is 9.53 Å². The minimum absolute atomic E-state index is 0.109. The maximum Gasteiger partial charge on any atom is 0.313 e. The van der Waals surface area contributed by atoms with Crippen molar-refractivity contribution in [2.75, 3.05) is 19.1 Å². The predicted octanol–water partition coefficient (Wildman–Crippen LogP) is 3.39. The van der Waals surface area contributed by atoms with E-state index in [4.69, 9.17) is 9.47 Å². The molecule has 1 amide bonds. The SMILES string of the molecule is COC(=O)C1CC(C)N(C(=O)c2cccc(OC)c2)c2ccccc21. The van der Waals surface area contributed by atoms with Gasteiger partial charge in [0.2, 0.25) is 0 Å². The number of esters is 1. The molecule has 0 fully saturated rings. The van der Waals surface area contributed by atoms with E-state index in [9.17, 15) is 9.59 Å². The first-order chi connectivity index (χ1) is 12.1. The van der Waals surface area contributed by atoms with E-state index in [1.54, 1.807) is 36.3 Å². The van der Waals surface area contributed by atoms with Gasteiger partial charge in [-0.15, -0.1) is 0 Å². The summed E-state index contributed by atoms with van der Waals surface area (Å²) < 4.78 is 10.2. The van der Waals surface area contributed by atoms with Gasteiger partial charge in [0.15, 0.2) is 0 Å². The molecule has 0 N–H and O–H groups in total. The molecule has 5 nitrogen and oxygen atoms in total. The number of nitrogens with zero attached hydrogens (tertiary/aromatic N) is 1. The molecule has 25 heavy (non-hydrogen) atoms. The highest BCUT2D eigenvalue weighted by Gasteiger charge is 2.37. The fourth-order valence-electron chi connectivity index (χ4n) is 3.38. The van der Waals surface area contributed by atoms with Gasteiger partial charge in [-0.05, 0) is 43.2 Å². The molecule has 2 aromatic carbocycles. The van der Waals surface area contributed by atoms with Crippen LogP contribution in [-0.4, -0.2) is 32.1 Å². The van der Waals surface area contributed by atoms with Crippen LogP contribution < -0.4 is 9.64 Å². The number of anilines is 1. The smallest absolute Gasteiger partial charge is 0.313 e. The zero-order chi connectivity index (χ0) is 18.0. The fraction of sp³-hybridized carbons (Fsp3) is 0.300. The molecule has 0 bridgehead atoms. The lowest BCUT2D eigenvalue weighted by molar-refractivity contribution is -0.142. The number of benzene rings is 2. The Morgan fingerprint density at radius 1 is 1.08 bits per heavy atom. The van der Waals surface area contributed by atoms with Crippen LogP contribution in [0.1, 0.15) is 35.2 Å². The maximum atomic E-state index is 13.1. The second kappa shape index (κ2) is 6.97. The first-order valence-electron chi connectivity index (χ1n) is 8.21. The Bertz CT molecular complexity index is 802. The molecule has 2 unspecified atom stereocenters. The quantitative estimate of drug-likeness (QED) is 0.805. The van der Waals surface area contributed by atoms with Gasteiger partial charge < -0.3 is 14.4 Å². The summed E-state index contributed by atoms with van der Waals surface area (Å²) in [7, 11) is 2.97. The first-order valence-corrected chi connectivity index (χ1v) is 8.21. The molecule has 2 atom stereocenters. The molecule has 0 aliphatic carbocycles. The minimum Gasteiger partial charge on any atom is -0.497 e. The zero-order valence-electron chi connectivity index (χ0n) is 14.6. The van der Waals surface area contributed by atoms with Crippen molar-refractivity contribution in [2.24, 2.45) is 0 Å². The Kier molecular flexibility index (Phi) is 4.74. The summed E-state index contributed by atoms with van der Waals surface area (Å²) in [6.07, 6.45) is 0.527. The molecule has 1 aliphatic heterocycles. The predicted molar refractivity (Wildman–Crippen MR) is 95.1 cm³/mol. The molecular formula is C20H21NO4. The Morgan fingerprint density at radius 3 is 2.56 bits per heavy atom. The maximum absolute atomic E-state index is 13.1. The molecule has 1 aliphatic rings. The van der Waals surface area contributed by atoms with Crippen LogP contribution in [0.5, 0.6) is 5.75 Å². The molecule has 130 valence electrons. The number of hydrogen-bond donors (Lipinski definition) is 0. The van der Waals surface area contributed by atoms with Crippen LogP contribution in [0.4, 0.5) is 5.69 Å². The molecule has 0 spiro atoms. The number of rotatable bonds is 3. The van der Waals surface area contributed by atoms with Gasteiger partial charge in [-0.25, -0.2) is 0 Å². The van der Waals surface area contributed by atoms with Crippen molar-refractivity contribution >= 4 is 17.6 Å². The van der Waals surface area contributed by atoms with Crippen LogP contribution in [0.2, 0.25) is 0 Å². The summed E-state index contributed by atoms with van der Waals surface area (Å²) in [5.41, 5.74) is 2.13. The van der Waals surface area contributed by atoms with Crippen molar-refractivity contribution < 1.29 is 19.1 Å². The van der Waals surface area contributed by atoms with E-state index in [2.05, 4.69) is 0 Å². The summed E-state index contributed by atoms with van der Waals surface area (Å²) in [6.45, 7) is 1.95. The highest BCUT2D eigenvalue weighted by atomic mass is 16.5. The van der Waals surface area contributed by atoms with Crippen molar-refractivity contribution in [1.82, 2.24) is 0 Å². The number of fused-ring (bicyclic) bond motifs is 1.